The number of hydrogen-bond acceptors (Lipinski definition) is 10. The van der Waals surface area contributed by atoms with Crippen LogP contribution in [-0.2, 0) is 33.3 Å². The van der Waals surface area contributed by atoms with E-state index in [-0.39, 0.29) is 5.57 Å². The molecule has 12 atom stereocenters. The molecule has 3 saturated heterocycles. The number of allylic oxidation sites excluding steroid dienone is 1. The van der Waals surface area contributed by atoms with Crippen molar-refractivity contribution in [2.75, 3.05) is 6.61 Å². The molecule has 3 aliphatic carbocycles. The molecule has 48 heavy (non-hydrogen) atoms. The minimum absolute atomic E-state index is 0.263. The van der Waals surface area contributed by atoms with E-state index in [2.05, 4.69) is 13.5 Å². The van der Waals surface area contributed by atoms with Crippen LogP contribution in [-0.4, -0.2) is 86.5 Å². The number of fused-ring (bicyclic) bond motifs is 3. The van der Waals surface area contributed by atoms with E-state index in [1.165, 1.54) is 64.7 Å². The fraction of sp³-hybridized carbons (Fsp3) is 0.789. The standard InChI is InChI=1S/C38H56O10/c1-7-8-9-10-11-12-13-14-15-16-17-18-19-20-35-46-32-28-31-34(22-39,45-31)33(42)36(43)27(21-24(4)29(36)41)38(28,48-35)25(5)30(44-26(6)40)37(32,47-35)23(2)3/h19-21,25,27-28,30-33,39,42-43H,2,7-18,22H2,1,3-6H3/b20-19+/t25?,27-,28+,30-,31+,32-,33-,34+,35?,36-,37+,38?/m1/s1. The summed E-state index contributed by atoms with van der Waals surface area (Å²) in [5.74, 6) is -5.46. The topological polar surface area (TPSA) is 144 Å². The zero-order chi connectivity index (χ0) is 34.7. The average Bonchev–Trinajstić information content (AvgIpc) is 3.67. The second-order valence-electron chi connectivity index (χ2n) is 15.4. The van der Waals surface area contributed by atoms with Crippen LogP contribution in [0.2, 0.25) is 0 Å². The van der Waals surface area contributed by atoms with Crippen molar-refractivity contribution >= 4 is 11.8 Å². The van der Waals surface area contributed by atoms with E-state index in [1.54, 1.807) is 26.0 Å². The first kappa shape index (κ1) is 35.9. The number of aliphatic hydroxyl groups is 3. The van der Waals surface area contributed by atoms with Crippen LogP contribution in [0.5, 0.6) is 0 Å². The van der Waals surface area contributed by atoms with Gasteiger partial charge in [-0.15, -0.1) is 0 Å². The van der Waals surface area contributed by atoms with Crippen LogP contribution in [0.3, 0.4) is 0 Å². The van der Waals surface area contributed by atoms with Gasteiger partial charge in [0.2, 0.25) is 0 Å². The SMILES string of the molecule is C=C(C)[C@@]12OC3(/C=C/CCCCCCCCCCCCC)O[C@@H]1[C@@H]1[C@@H]4O[C@]4(CO)[C@@H](O)[C@]4(O)C(=O)C(C)=C[C@H]4C1(O3)C(C)[C@H]2OC(C)=O. The number of carbonyl (C=O) groups is 2. The van der Waals surface area contributed by atoms with Gasteiger partial charge in [0.25, 0.3) is 0 Å². The molecular weight excluding hydrogens is 616 g/mol. The minimum atomic E-state index is -2.37. The van der Waals surface area contributed by atoms with Crippen molar-refractivity contribution in [1.29, 1.82) is 0 Å². The lowest BCUT2D eigenvalue weighted by Gasteiger charge is -2.61. The lowest BCUT2D eigenvalue weighted by molar-refractivity contribution is -0.407. The molecule has 268 valence electrons. The highest BCUT2D eigenvalue weighted by Crippen LogP contribution is 2.73. The predicted octanol–water partition coefficient (Wildman–Crippen LogP) is 4.98. The summed E-state index contributed by atoms with van der Waals surface area (Å²) in [7, 11) is 0. The first-order chi connectivity index (χ1) is 22.8. The molecule has 10 nitrogen and oxygen atoms in total. The molecule has 3 heterocycles. The normalized spacial score (nSPS) is 45.0. The number of carbonyl (C=O) groups excluding carboxylic acids is 2. The van der Waals surface area contributed by atoms with E-state index < -0.39 is 88.9 Å². The molecule has 10 heteroatoms. The number of esters is 1. The molecule has 0 spiro atoms. The second kappa shape index (κ2) is 13.0. The number of ketones is 1. The number of Topliss-reactive ketones (excluding diaryl/α,β-unsaturated/α-hetero) is 1. The van der Waals surface area contributed by atoms with E-state index >= 15 is 0 Å². The molecule has 3 aliphatic heterocycles. The van der Waals surface area contributed by atoms with Crippen molar-refractivity contribution in [1.82, 2.24) is 0 Å². The van der Waals surface area contributed by atoms with Gasteiger partial charge in [-0.1, -0.05) is 96.8 Å². The Morgan fingerprint density at radius 2 is 1.62 bits per heavy atom. The van der Waals surface area contributed by atoms with Gasteiger partial charge in [0.05, 0.1) is 12.2 Å². The Morgan fingerprint density at radius 1 is 1.00 bits per heavy atom. The Morgan fingerprint density at radius 3 is 2.21 bits per heavy atom. The van der Waals surface area contributed by atoms with Gasteiger partial charge in [0.15, 0.2) is 17.0 Å². The molecule has 6 aliphatic rings. The maximum Gasteiger partial charge on any atom is 0.306 e. The van der Waals surface area contributed by atoms with Crippen LogP contribution >= 0.6 is 0 Å². The number of ether oxygens (including phenoxy) is 5. The fourth-order valence-electron chi connectivity index (χ4n) is 9.96. The van der Waals surface area contributed by atoms with E-state index in [9.17, 15) is 24.9 Å². The largest absolute Gasteiger partial charge is 0.459 e. The Hall–Kier alpha value is -1.92. The minimum Gasteiger partial charge on any atom is -0.459 e. The summed E-state index contributed by atoms with van der Waals surface area (Å²) >= 11 is 0. The summed E-state index contributed by atoms with van der Waals surface area (Å²) in [6, 6.07) is 0. The van der Waals surface area contributed by atoms with Crippen LogP contribution in [0, 0.1) is 17.8 Å². The van der Waals surface area contributed by atoms with Crippen molar-refractivity contribution in [2.45, 2.75) is 164 Å². The maximum atomic E-state index is 13.7. The van der Waals surface area contributed by atoms with Crippen molar-refractivity contribution < 1.29 is 48.6 Å². The van der Waals surface area contributed by atoms with Gasteiger partial charge in [0.1, 0.15) is 30.0 Å². The highest BCUT2D eigenvalue weighted by molar-refractivity contribution is 6.05. The first-order valence-electron chi connectivity index (χ1n) is 18.3. The van der Waals surface area contributed by atoms with Crippen LogP contribution in [0.1, 0.15) is 112 Å². The molecule has 3 unspecified atom stereocenters. The molecule has 6 rings (SSSR count). The summed E-state index contributed by atoms with van der Waals surface area (Å²) in [6.07, 6.45) is 15.4. The molecule has 0 aromatic rings. The Bertz CT molecular complexity index is 1340. The van der Waals surface area contributed by atoms with Gasteiger partial charge >= 0.3 is 11.9 Å². The number of epoxide rings is 1. The predicted molar refractivity (Wildman–Crippen MR) is 176 cm³/mol. The Labute approximate surface area is 284 Å². The fourth-order valence-corrected chi connectivity index (χ4v) is 9.96. The van der Waals surface area contributed by atoms with Crippen LogP contribution in [0.4, 0.5) is 0 Å². The molecule has 0 amide bonds. The summed E-state index contributed by atoms with van der Waals surface area (Å²) in [5.41, 5.74) is -6.03. The molecule has 2 saturated carbocycles. The zero-order valence-corrected chi connectivity index (χ0v) is 29.4. The quantitative estimate of drug-likeness (QED) is 0.0890. The van der Waals surface area contributed by atoms with Gasteiger partial charge in [-0.25, -0.2) is 0 Å². The third kappa shape index (κ3) is 5.07. The van der Waals surface area contributed by atoms with E-state index in [1.807, 2.05) is 13.0 Å². The number of hydrogen-bond donors (Lipinski definition) is 3. The van der Waals surface area contributed by atoms with E-state index in [0.29, 0.717) is 5.57 Å². The summed E-state index contributed by atoms with van der Waals surface area (Å²) in [4.78, 5) is 26.4. The highest BCUT2D eigenvalue weighted by atomic mass is 16.9. The van der Waals surface area contributed by atoms with Crippen molar-refractivity contribution in [3.63, 3.8) is 0 Å². The smallest absolute Gasteiger partial charge is 0.306 e. The molecule has 5 fully saturated rings. The highest BCUT2D eigenvalue weighted by Gasteiger charge is 2.90. The summed E-state index contributed by atoms with van der Waals surface area (Å²) in [5, 5.41) is 34.7. The monoisotopic (exact) mass is 672 g/mol. The number of rotatable bonds is 16. The molecule has 3 bridgehead atoms. The average molecular weight is 673 g/mol. The lowest BCUT2D eigenvalue weighted by Crippen LogP contribution is -2.76. The van der Waals surface area contributed by atoms with Crippen molar-refractivity contribution in [2.24, 2.45) is 17.8 Å². The third-order valence-electron chi connectivity index (χ3n) is 12.4. The maximum absolute atomic E-state index is 13.7. The van der Waals surface area contributed by atoms with E-state index in [0.717, 1.165) is 19.3 Å². The Balaban J connectivity index is 1.28. The van der Waals surface area contributed by atoms with Crippen molar-refractivity contribution in [3.8, 4) is 0 Å². The van der Waals surface area contributed by atoms with Gasteiger partial charge in [-0.05, 0) is 37.8 Å². The van der Waals surface area contributed by atoms with Gasteiger partial charge in [-0.3, -0.25) is 9.59 Å². The molecular formula is C38H56O10. The lowest BCUT2D eigenvalue weighted by atomic mass is 9.53. The second-order valence-corrected chi connectivity index (χ2v) is 15.4. The van der Waals surface area contributed by atoms with Gasteiger partial charge in [-0.2, -0.15) is 0 Å². The first-order valence-corrected chi connectivity index (χ1v) is 18.3. The third-order valence-corrected chi connectivity index (χ3v) is 12.4. The number of aliphatic hydroxyl groups excluding tert-OH is 2. The molecule has 0 aromatic carbocycles. The zero-order valence-electron chi connectivity index (χ0n) is 29.4. The molecule has 3 N–H and O–H groups in total. The van der Waals surface area contributed by atoms with E-state index in [4.69, 9.17) is 23.7 Å². The van der Waals surface area contributed by atoms with Crippen molar-refractivity contribution in [3.05, 3.63) is 36.0 Å². The molecule has 0 radical (unpaired) electrons. The van der Waals surface area contributed by atoms with Crippen LogP contribution in [0.15, 0.2) is 36.0 Å². The summed E-state index contributed by atoms with van der Waals surface area (Å²) < 4.78 is 32.8. The number of unbranched alkanes of at least 4 members (excludes halogenated alkanes) is 11. The van der Waals surface area contributed by atoms with Gasteiger partial charge < -0.3 is 39.0 Å². The van der Waals surface area contributed by atoms with Gasteiger partial charge in [0, 0.05) is 30.8 Å². The molecule has 0 aromatic heterocycles. The summed E-state index contributed by atoms with van der Waals surface area (Å²) in [6.45, 7) is 12.4. The van der Waals surface area contributed by atoms with Crippen LogP contribution in [0.25, 0.3) is 0 Å². The van der Waals surface area contributed by atoms with Crippen LogP contribution < -0.4 is 0 Å². The Kier molecular flexibility index (Phi) is 9.72.